The van der Waals surface area contributed by atoms with Crippen LogP contribution in [-0.2, 0) is 38.5 Å². The van der Waals surface area contributed by atoms with E-state index < -0.39 is 0 Å². The Morgan fingerprint density at radius 3 is 1.14 bits per heavy atom. The van der Waals surface area contributed by atoms with Crippen LogP contribution in [0.5, 0.6) is 5.75 Å². The lowest BCUT2D eigenvalue weighted by atomic mass is 9.78. The predicted octanol–water partition coefficient (Wildman–Crippen LogP) is 19.7. The zero-order valence-electron chi connectivity index (χ0n) is 53.3. The first-order chi connectivity index (χ1) is 48.1. The summed E-state index contributed by atoms with van der Waals surface area (Å²) in [6, 6.07) is 71.8. The number of aromatic amines is 2. The van der Waals surface area contributed by atoms with Crippen molar-refractivity contribution < 1.29 is 5.11 Å². The van der Waals surface area contributed by atoms with Crippen molar-refractivity contribution in [2.45, 2.75) is 56.3 Å². The molecule has 0 saturated heterocycles. The molecule has 5 heterocycles. The number of aromatic hydroxyl groups is 1. The number of halogens is 4. The van der Waals surface area contributed by atoms with Gasteiger partial charge in [-0.05, 0) is 166 Å². The van der Waals surface area contributed by atoms with Gasteiger partial charge in [0.1, 0.15) is 5.75 Å². The topological polar surface area (TPSA) is 165 Å². The van der Waals surface area contributed by atoms with E-state index in [0.29, 0.717) is 23.8 Å². The van der Waals surface area contributed by atoms with E-state index in [-0.39, 0.29) is 17.6 Å². The molecule has 3 aliphatic rings. The van der Waals surface area contributed by atoms with Gasteiger partial charge in [-0.1, -0.05) is 198 Å². The van der Waals surface area contributed by atoms with E-state index in [0.717, 1.165) is 129 Å². The Morgan fingerprint density at radius 1 is 0.378 bits per heavy atom. The van der Waals surface area contributed by atoms with Crippen molar-refractivity contribution >= 4 is 86.1 Å². The van der Waals surface area contributed by atoms with Gasteiger partial charge in [0.05, 0.1) is 17.1 Å². The number of phenols is 1. The van der Waals surface area contributed by atoms with E-state index >= 15 is 0 Å². The van der Waals surface area contributed by atoms with Crippen LogP contribution in [0, 0.1) is 0 Å². The smallest absolute Gasteiger partial charge is 0.223 e. The molecule has 0 saturated carbocycles. The molecule has 0 spiro atoms. The molecule has 16 heteroatoms. The summed E-state index contributed by atoms with van der Waals surface area (Å²) < 4.78 is 0. The molecule has 14 aromatic rings. The van der Waals surface area contributed by atoms with Gasteiger partial charge >= 0.3 is 0 Å². The summed E-state index contributed by atoms with van der Waals surface area (Å²) >= 11 is 24.4. The Morgan fingerprint density at radius 2 is 0.735 bits per heavy atom. The number of hydrogen-bond donors (Lipinski definition) is 6. The quantitative estimate of drug-likeness (QED) is 0.0582. The Labute approximate surface area is 588 Å². The van der Waals surface area contributed by atoms with Crippen LogP contribution in [0.4, 0.5) is 17.8 Å². The standard InChI is InChI=1S/C28H22Cl2N4.C28H23ClN4.C26H22ClN3O/c29-20-7-5-17(6-8-20)25-13-19-16-33-28(34-27(19)24-4-2-1-3-23(24)25)31-12-11-18-15-32-26-14-21(30)9-10-22(18)26;29-21-10-11-22-19(16-31-26(22)15-21)12-13-30-28-32-17-20-14-25(18-6-2-1-3-7-18)23-8-4-5-9-24(23)27(20)33-28;27-20-9-7-18(8-10-20)24-15-19-16-29-26(28-14-13-17-5-11-21(31)12-6-17)30-25(19)23-4-2-1-3-22(23)24/h1-10,14-16,25,32H,11-13H2,(H,31,33,34);1-11,15-17,25,31H,12-14H2,(H,30,32,33);1-12,16,24,31H,13-15H2,(H,28,29,30). The van der Waals surface area contributed by atoms with Crippen LogP contribution in [0.3, 0.4) is 0 Å². The van der Waals surface area contributed by atoms with Crippen LogP contribution >= 0.6 is 46.4 Å². The zero-order valence-corrected chi connectivity index (χ0v) is 56.4. The highest BCUT2D eigenvalue weighted by Crippen LogP contribution is 2.45. The zero-order chi connectivity index (χ0) is 66.5. The highest BCUT2D eigenvalue weighted by molar-refractivity contribution is 6.32. The summed E-state index contributed by atoms with van der Waals surface area (Å²) in [6.07, 6.45) is 15.2. The molecule has 6 N–H and O–H groups in total. The summed E-state index contributed by atoms with van der Waals surface area (Å²) in [4.78, 5) is 35.1. The monoisotopic (exact) mass is 1360 g/mol. The van der Waals surface area contributed by atoms with Gasteiger partial charge in [-0.25, -0.2) is 29.9 Å². The van der Waals surface area contributed by atoms with Gasteiger partial charge in [0.25, 0.3) is 0 Å². The Balaban J connectivity index is 0.000000120. The first-order valence-electron chi connectivity index (χ1n) is 33.0. The summed E-state index contributed by atoms with van der Waals surface area (Å²) in [5.74, 6) is 3.10. The number of nitrogens with one attached hydrogen (secondary N) is 5. The van der Waals surface area contributed by atoms with Crippen molar-refractivity contribution in [2.75, 3.05) is 35.6 Å². The molecule has 17 rings (SSSR count). The normalized spacial score (nSPS) is 14.6. The number of rotatable bonds is 15. The van der Waals surface area contributed by atoms with E-state index in [9.17, 15) is 5.11 Å². The number of aromatic nitrogens is 8. The average molecular weight is 1360 g/mol. The number of benzene rings is 9. The van der Waals surface area contributed by atoms with E-state index in [2.05, 4.69) is 187 Å². The number of fused-ring (bicyclic) bond motifs is 11. The molecule has 0 radical (unpaired) electrons. The second-order valence-corrected chi connectivity index (χ2v) is 26.7. The highest BCUT2D eigenvalue weighted by Gasteiger charge is 2.31. The molecule has 3 atom stereocenters. The van der Waals surface area contributed by atoms with E-state index in [1.807, 2.05) is 85.5 Å². The van der Waals surface area contributed by atoms with Crippen molar-refractivity contribution in [2.24, 2.45) is 0 Å². The Bertz CT molecular complexity index is 5160. The maximum Gasteiger partial charge on any atom is 0.223 e. The van der Waals surface area contributed by atoms with E-state index in [1.54, 1.807) is 12.1 Å². The number of phenolic OH excluding ortho intramolecular Hbond substituents is 1. The minimum atomic E-state index is 0.262. The van der Waals surface area contributed by atoms with Gasteiger partial charge in [-0.15, -0.1) is 0 Å². The second-order valence-electron chi connectivity index (χ2n) is 25.0. The molecule has 0 amide bonds. The first kappa shape index (κ1) is 63.7. The lowest BCUT2D eigenvalue weighted by molar-refractivity contribution is 0.475. The SMILES string of the molecule is Clc1ccc(C2Cc3cnc(NCCc4c[nH]c5cc(Cl)ccc45)nc3-c3ccccc32)cc1.Clc1ccc2c(CCNc3ncc4c(n3)-c3ccccc3C(c3ccccc3)C4)c[nH]c2c1.Oc1ccc(CCNc2ncc3c(n2)-c2ccccc2C(c2ccc(Cl)cc2)C3)cc1. The molecule has 5 aromatic heterocycles. The van der Waals surface area contributed by atoms with Crippen LogP contribution in [0.25, 0.3) is 55.6 Å². The Kier molecular flexibility index (Phi) is 18.7. The third-order valence-corrected chi connectivity index (χ3v) is 19.8. The lowest BCUT2D eigenvalue weighted by Gasteiger charge is -2.27. The van der Waals surface area contributed by atoms with Crippen LogP contribution < -0.4 is 16.0 Å². The average Bonchev–Trinajstić information content (AvgIpc) is 1.01. The molecular weight excluding hydrogens is 1300 g/mol. The van der Waals surface area contributed by atoms with E-state index in [1.165, 1.54) is 72.0 Å². The number of nitrogens with zero attached hydrogens (tertiary/aromatic N) is 6. The van der Waals surface area contributed by atoms with Crippen molar-refractivity contribution in [3.8, 4) is 39.5 Å². The third-order valence-electron chi connectivity index (χ3n) is 18.8. The number of H-pyrrole nitrogens is 2. The summed E-state index contributed by atoms with van der Waals surface area (Å²) in [7, 11) is 0. The van der Waals surface area contributed by atoms with Crippen molar-refractivity contribution in [3.63, 3.8) is 0 Å². The van der Waals surface area contributed by atoms with Crippen LogP contribution in [0.15, 0.2) is 243 Å². The largest absolute Gasteiger partial charge is 0.508 e. The fourth-order valence-corrected chi connectivity index (χ4v) is 14.6. The summed E-state index contributed by atoms with van der Waals surface area (Å²) in [5, 5.41) is 25.0. The van der Waals surface area contributed by atoms with Crippen molar-refractivity contribution in [1.82, 2.24) is 39.9 Å². The molecule has 3 aliphatic carbocycles. The molecule has 484 valence electrons. The van der Waals surface area contributed by atoms with Gasteiger partial charge in [0.2, 0.25) is 17.8 Å². The molecule has 3 unspecified atom stereocenters. The molecule has 9 aromatic carbocycles. The summed E-state index contributed by atoms with van der Waals surface area (Å²) in [5.41, 5.74) is 23.6. The predicted molar refractivity (Wildman–Crippen MR) is 400 cm³/mol. The minimum Gasteiger partial charge on any atom is -0.508 e. The summed E-state index contributed by atoms with van der Waals surface area (Å²) in [6.45, 7) is 2.21. The van der Waals surface area contributed by atoms with Crippen LogP contribution in [0.2, 0.25) is 20.1 Å². The first-order valence-corrected chi connectivity index (χ1v) is 34.5. The van der Waals surface area contributed by atoms with Crippen molar-refractivity contribution in [3.05, 3.63) is 330 Å². The van der Waals surface area contributed by atoms with Gasteiger partial charge < -0.3 is 31.0 Å². The second kappa shape index (κ2) is 28.8. The van der Waals surface area contributed by atoms with Crippen LogP contribution in [-0.4, -0.2) is 64.6 Å². The van der Waals surface area contributed by atoms with Gasteiger partial charge in [-0.3, -0.25) is 0 Å². The number of anilines is 3. The van der Waals surface area contributed by atoms with Gasteiger partial charge in [0, 0.05) is 127 Å². The van der Waals surface area contributed by atoms with E-state index in [4.69, 9.17) is 61.4 Å². The van der Waals surface area contributed by atoms with Crippen LogP contribution in [0.1, 0.15) is 84.5 Å². The molecule has 0 bridgehead atoms. The van der Waals surface area contributed by atoms with Gasteiger partial charge in [-0.2, -0.15) is 0 Å². The van der Waals surface area contributed by atoms with Crippen molar-refractivity contribution in [1.29, 1.82) is 0 Å². The molecule has 12 nitrogen and oxygen atoms in total. The molecule has 0 aliphatic heterocycles. The highest BCUT2D eigenvalue weighted by atomic mass is 35.5. The van der Waals surface area contributed by atoms with Gasteiger partial charge in [0.15, 0.2) is 0 Å². The lowest BCUT2D eigenvalue weighted by Crippen LogP contribution is -2.16. The maximum absolute atomic E-state index is 9.41. The third kappa shape index (κ3) is 14.0. The number of hydrogen-bond acceptors (Lipinski definition) is 10. The molecule has 98 heavy (non-hydrogen) atoms. The fourth-order valence-electron chi connectivity index (χ4n) is 14.0. The minimum absolute atomic E-state index is 0.262. The fraction of sp³-hybridized carbons (Fsp3) is 0.146. The molecular formula is C82H67Cl4N11O. The Hall–Kier alpha value is -10.3. The maximum atomic E-state index is 9.41. The molecule has 0 fully saturated rings.